The van der Waals surface area contributed by atoms with Crippen molar-refractivity contribution in [2.45, 2.75) is 5.60 Å². The molecule has 0 spiro atoms. The third-order valence-electron chi connectivity index (χ3n) is 2.65. The summed E-state index contributed by atoms with van der Waals surface area (Å²) in [6.45, 7) is 0. The van der Waals surface area contributed by atoms with Gasteiger partial charge in [-0.3, -0.25) is 0 Å². The summed E-state index contributed by atoms with van der Waals surface area (Å²) in [4.78, 5) is 0. The van der Waals surface area contributed by atoms with Crippen molar-refractivity contribution in [2.75, 3.05) is 7.11 Å². The fourth-order valence-corrected chi connectivity index (χ4v) is 1.85. The first-order valence-corrected chi connectivity index (χ1v) is 4.81. The molecule has 74 valence electrons. The Morgan fingerprint density at radius 3 is 1.67 bits per heavy atom. The zero-order valence-electron chi connectivity index (χ0n) is 8.60. The molecule has 10 radical (unpaired) electrons. The molecule has 0 aromatic rings. The van der Waals surface area contributed by atoms with Gasteiger partial charge in [-0.25, -0.2) is 0 Å². The maximum Gasteiger partial charge on any atom is 0.141 e. The third-order valence-corrected chi connectivity index (χ3v) is 2.65. The first-order valence-electron chi connectivity index (χ1n) is 4.81. The molecular weight excluding hydrogens is 184 g/mol. The SMILES string of the molecule is C#CC(OC)([C]1[CH][CH][CH][CH]1)[C]1[CH][CH][CH][CH]1. The predicted molar refractivity (Wildman–Crippen MR) is 59.5 cm³/mol. The molecule has 1 nitrogen and oxygen atoms in total. The van der Waals surface area contributed by atoms with E-state index < -0.39 is 5.60 Å². The Morgan fingerprint density at radius 1 is 1.00 bits per heavy atom. The average molecular weight is 196 g/mol. The Kier molecular flexibility index (Phi) is 3.36. The first-order chi connectivity index (χ1) is 7.33. The minimum absolute atomic E-state index is 0.743. The van der Waals surface area contributed by atoms with E-state index in [1.165, 1.54) is 0 Å². The van der Waals surface area contributed by atoms with Crippen LogP contribution < -0.4 is 0 Å². The van der Waals surface area contributed by atoms with Crippen molar-refractivity contribution < 1.29 is 4.74 Å². The van der Waals surface area contributed by atoms with E-state index in [-0.39, 0.29) is 0 Å². The van der Waals surface area contributed by atoms with E-state index in [0.29, 0.717) is 0 Å². The van der Waals surface area contributed by atoms with Crippen LogP contribution in [0.2, 0.25) is 0 Å². The van der Waals surface area contributed by atoms with Crippen molar-refractivity contribution in [2.24, 2.45) is 0 Å². The molecule has 2 aliphatic rings. The number of rotatable bonds is 3. The van der Waals surface area contributed by atoms with Crippen LogP contribution in [0.3, 0.4) is 0 Å². The van der Waals surface area contributed by atoms with E-state index >= 15 is 0 Å². The normalized spacial score (nSPS) is 24.5. The minimum Gasteiger partial charge on any atom is -0.364 e. The van der Waals surface area contributed by atoms with E-state index in [9.17, 15) is 0 Å². The van der Waals surface area contributed by atoms with E-state index in [1.54, 1.807) is 7.11 Å². The lowest BCUT2D eigenvalue weighted by Gasteiger charge is -2.37. The predicted octanol–water partition coefficient (Wildman–Crippen LogP) is 1.82. The molecule has 0 aliphatic heterocycles. The zero-order valence-corrected chi connectivity index (χ0v) is 8.60. The van der Waals surface area contributed by atoms with Gasteiger partial charge in [0.1, 0.15) is 5.60 Å². The Bertz CT molecular complexity index is 223. The van der Waals surface area contributed by atoms with Crippen LogP contribution >= 0.6 is 0 Å². The van der Waals surface area contributed by atoms with Gasteiger partial charge in [-0.05, 0) is 51.4 Å². The second-order valence-corrected chi connectivity index (χ2v) is 3.38. The van der Waals surface area contributed by atoms with E-state index in [2.05, 4.69) is 5.92 Å². The number of terminal acetylenes is 1. The van der Waals surface area contributed by atoms with E-state index in [0.717, 1.165) is 11.8 Å². The van der Waals surface area contributed by atoms with Crippen LogP contribution in [-0.4, -0.2) is 12.7 Å². The molecule has 0 atom stereocenters. The standard InChI is InChI=1S/C14H12O/c1-3-14(15-2,12-8-4-5-9-12)13-10-6-7-11-13/h1,4-11H,2H3. The van der Waals surface area contributed by atoms with Crippen molar-refractivity contribution in [1.82, 2.24) is 0 Å². The van der Waals surface area contributed by atoms with Crippen molar-refractivity contribution in [3.63, 3.8) is 0 Å². The van der Waals surface area contributed by atoms with Crippen LogP contribution in [0.4, 0.5) is 0 Å². The van der Waals surface area contributed by atoms with E-state index in [4.69, 9.17) is 11.2 Å². The number of hydrogen-bond donors (Lipinski definition) is 0. The van der Waals surface area contributed by atoms with Crippen LogP contribution in [0.25, 0.3) is 0 Å². The van der Waals surface area contributed by atoms with Gasteiger partial charge in [-0.15, -0.1) is 6.42 Å². The van der Waals surface area contributed by atoms with Gasteiger partial charge >= 0.3 is 0 Å². The second-order valence-electron chi connectivity index (χ2n) is 3.38. The van der Waals surface area contributed by atoms with Crippen LogP contribution in [0.5, 0.6) is 0 Å². The average Bonchev–Trinajstić information content (AvgIpc) is 2.92. The summed E-state index contributed by atoms with van der Waals surface area (Å²) < 4.78 is 5.54. The van der Waals surface area contributed by atoms with Gasteiger partial charge in [0.25, 0.3) is 0 Å². The molecule has 15 heavy (non-hydrogen) atoms. The van der Waals surface area contributed by atoms with E-state index in [1.807, 2.05) is 51.4 Å². The highest BCUT2D eigenvalue weighted by Gasteiger charge is 2.47. The molecule has 2 rings (SSSR count). The molecule has 0 N–H and O–H groups in total. The first kappa shape index (κ1) is 11.0. The molecular formula is C14H12O. The maximum absolute atomic E-state index is 5.63. The van der Waals surface area contributed by atoms with Gasteiger partial charge < -0.3 is 4.74 Å². The van der Waals surface area contributed by atoms with Crippen LogP contribution in [0.15, 0.2) is 0 Å². The summed E-state index contributed by atoms with van der Waals surface area (Å²) in [5, 5.41) is 0. The monoisotopic (exact) mass is 196 g/mol. The van der Waals surface area contributed by atoms with Crippen LogP contribution in [0.1, 0.15) is 0 Å². The van der Waals surface area contributed by atoms with Gasteiger partial charge in [0.05, 0.1) is 0 Å². The Hall–Kier alpha value is -0.480. The summed E-state index contributed by atoms with van der Waals surface area (Å²) >= 11 is 0. The maximum atomic E-state index is 5.63. The summed E-state index contributed by atoms with van der Waals surface area (Å²) in [6.07, 6.45) is 21.4. The Morgan fingerprint density at radius 2 is 1.40 bits per heavy atom. The highest BCUT2D eigenvalue weighted by Crippen LogP contribution is 2.46. The second kappa shape index (κ2) is 4.58. The summed E-state index contributed by atoms with van der Waals surface area (Å²) in [7, 11) is 1.64. The lowest BCUT2D eigenvalue weighted by Crippen LogP contribution is -2.42. The Balaban J connectivity index is 2.17. The molecule has 0 bridgehead atoms. The van der Waals surface area contributed by atoms with Gasteiger partial charge in [0.2, 0.25) is 0 Å². The van der Waals surface area contributed by atoms with Gasteiger partial charge in [-0.1, -0.05) is 5.92 Å². The highest BCUT2D eigenvalue weighted by molar-refractivity contribution is 5.57. The van der Waals surface area contributed by atoms with Crippen LogP contribution in [0, 0.1) is 75.5 Å². The number of ether oxygens (including phenoxy) is 1. The highest BCUT2D eigenvalue weighted by atomic mass is 16.5. The molecule has 0 amide bonds. The van der Waals surface area contributed by atoms with Crippen LogP contribution in [-0.2, 0) is 4.74 Å². The quantitative estimate of drug-likeness (QED) is 0.626. The lowest BCUT2D eigenvalue weighted by atomic mass is 9.75. The third kappa shape index (κ3) is 1.81. The van der Waals surface area contributed by atoms with Gasteiger partial charge in [0.15, 0.2) is 0 Å². The molecule has 0 heterocycles. The van der Waals surface area contributed by atoms with Crippen molar-refractivity contribution in [1.29, 1.82) is 0 Å². The lowest BCUT2D eigenvalue weighted by molar-refractivity contribution is 0.0786. The molecule has 0 saturated heterocycles. The summed E-state index contributed by atoms with van der Waals surface area (Å²) in [6, 6.07) is 0. The molecule has 1 heteroatoms. The zero-order chi connectivity index (χ0) is 10.7. The molecule has 0 aromatic heterocycles. The number of hydrogen-bond acceptors (Lipinski definition) is 1. The molecule has 0 aromatic carbocycles. The minimum atomic E-state index is -0.743. The fourth-order valence-electron chi connectivity index (χ4n) is 1.85. The molecule has 0 unspecified atom stereocenters. The fraction of sp³-hybridized carbons (Fsp3) is 0.143. The topological polar surface area (TPSA) is 9.23 Å². The molecule has 2 aliphatic carbocycles. The smallest absolute Gasteiger partial charge is 0.141 e. The largest absolute Gasteiger partial charge is 0.364 e. The number of methoxy groups -OCH3 is 1. The van der Waals surface area contributed by atoms with Crippen molar-refractivity contribution in [3.05, 3.63) is 63.2 Å². The summed E-state index contributed by atoms with van der Waals surface area (Å²) in [5.41, 5.74) is -0.743. The van der Waals surface area contributed by atoms with Gasteiger partial charge in [0, 0.05) is 18.9 Å². The Labute approximate surface area is 93.6 Å². The molecule has 2 fully saturated rings. The van der Waals surface area contributed by atoms with Crippen molar-refractivity contribution in [3.8, 4) is 12.3 Å². The molecule has 2 saturated carbocycles. The van der Waals surface area contributed by atoms with Gasteiger partial charge in [-0.2, -0.15) is 0 Å². The summed E-state index contributed by atoms with van der Waals surface area (Å²) in [5.74, 6) is 4.75. The van der Waals surface area contributed by atoms with Crippen molar-refractivity contribution >= 4 is 0 Å².